The summed E-state index contributed by atoms with van der Waals surface area (Å²) in [5.74, 6) is 7.57. The van der Waals surface area contributed by atoms with E-state index in [2.05, 4.69) is 23.8 Å². The molecule has 0 aliphatic carbocycles. The molecule has 0 aromatic heterocycles. The van der Waals surface area contributed by atoms with Crippen LogP contribution in [0.2, 0.25) is 0 Å². The molecule has 1 atom stereocenters. The van der Waals surface area contributed by atoms with Gasteiger partial charge in [-0.25, -0.2) is 0 Å². The van der Waals surface area contributed by atoms with E-state index in [1.165, 1.54) is 5.56 Å². The van der Waals surface area contributed by atoms with Crippen LogP contribution in [0.4, 0.5) is 0 Å². The van der Waals surface area contributed by atoms with E-state index in [4.69, 9.17) is 10.6 Å². The van der Waals surface area contributed by atoms with Crippen molar-refractivity contribution < 1.29 is 4.74 Å². The second-order valence-corrected chi connectivity index (χ2v) is 4.69. The molecule has 90 valence electrons. The van der Waals surface area contributed by atoms with Gasteiger partial charge in [0, 0.05) is 6.04 Å². The number of hydrogen-bond donors (Lipinski definition) is 2. The van der Waals surface area contributed by atoms with Crippen molar-refractivity contribution in [2.45, 2.75) is 18.9 Å². The number of thioether (sulfide) groups is 1. The predicted octanol–water partition coefficient (Wildman–Crippen LogP) is 1.82. The smallest absolute Gasteiger partial charge is 0.119 e. The standard InChI is InChI=1S/C12H20N2OS/c1-15-12-5-3-4-10(9-12)8-11(14-13)6-7-16-2/h3-5,9,11,14H,6-8,13H2,1-2H3. The molecule has 0 saturated heterocycles. The number of nitrogens with two attached hydrogens (primary N) is 1. The number of rotatable bonds is 7. The Morgan fingerprint density at radius 3 is 2.94 bits per heavy atom. The number of benzene rings is 1. The summed E-state index contributed by atoms with van der Waals surface area (Å²) >= 11 is 1.84. The molecule has 3 N–H and O–H groups in total. The highest BCUT2D eigenvalue weighted by atomic mass is 32.2. The van der Waals surface area contributed by atoms with Gasteiger partial charge in [0.05, 0.1) is 7.11 Å². The first-order valence-corrected chi connectivity index (χ1v) is 6.77. The Hall–Kier alpha value is -0.710. The van der Waals surface area contributed by atoms with Crippen molar-refractivity contribution in [1.29, 1.82) is 0 Å². The third-order valence-electron chi connectivity index (χ3n) is 2.52. The van der Waals surface area contributed by atoms with Crippen LogP contribution in [0.15, 0.2) is 24.3 Å². The molecule has 16 heavy (non-hydrogen) atoms. The summed E-state index contributed by atoms with van der Waals surface area (Å²) in [7, 11) is 1.69. The van der Waals surface area contributed by atoms with E-state index >= 15 is 0 Å². The van der Waals surface area contributed by atoms with Crippen LogP contribution >= 0.6 is 11.8 Å². The first kappa shape index (κ1) is 13.4. The van der Waals surface area contributed by atoms with Crippen LogP contribution in [0, 0.1) is 0 Å². The number of nitrogens with one attached hydrogen (secondary N) is 1. The van der Waals surface area contributed by atoms with Gasteiger partial charge >= 0.3 is 0 Å². The van der Waals surface area contributed by atoms with Gasteiger partial charge in [0.25, 0.3) is 0 Å². The van der Waals surface area contributed by atoms with Crippen molar-refractivity contribution in [3.05, 3.63) is 29.8 Å². The Labute approximate surface area is 102 Å². The molecule has 0 spiro atoms. The molecule has 0 aliphatic rings. The number of methoxy groups -OCH3 is 1. The highest BCUT2D eigenvalue weighted by Gasteiger charge is 2.07. The quantitative estimate of drug-likeness (QED) is 0.564. The van der Waals surface area contributed by atoms with Crippen molar-refractivity contribution in [3.8, 4) is 5.75 Å². The SMILES string of the molecule is COc1cccc(CC(CCSC)NN)c1. The van der Waals surface area contributed by atoms with Gasteiger partial charge in [-0.1, -0.05) is 12.1 Å². The summed E-state index contributed by atoms with van der Waals surface area (Å²) in [6.07, 6.45) is 4.13. The van der Waals surface area contributed by atoms with E-state index in [0.29, 0.717) is 6.04 Å². The highest BCUT2D eigenvalue weighted by molar-refractivity contribution is 7.98. The fourth-order valence-electron chi connectivity index (χ4n) is 1.59. The molecule has 4 heteroatoms. The van der Waals surface area contributed by atoms with Gasteiger partial charge in [0.2, 0.25) is 0 Å². The minimum absolute atomic E-state index is 0.333. The first-order chi connectivity index (χ1) is 7.80. The molecule has 0 heterocycles. The molecule has 0 aliphatic heterocycles. The topological polar surface area (TPSA) is 47.3 Å². The zero-order valence-electron chi connectivity index (χ0n) is 9.90. The Bertz CT molecular complexity index is 307. The van der Waals surface area contributed by atoms with E-state index in [1.807, 2.05) is 23.9 Å². The fraction of sp³-hybridized carbons (Fsp3) is 0.500. The van der Waals surface area contributed by atoms with E-state index in [1.54, 1.807) is 7.11 Å². The van der Waals surface area contributed by atoms with Gasteiger partial charge in [-0.15, -0.1) is 0 Å². The second-order valence-electron chi connectivity index (χ2n) is 3.70. The maximum Gasteiger partial charge on any atom is 0.119 e. The van der Waals surface area contributed by atoms with Gasteiger partial charge in [0.1, 0.15) is 5.75 Å². The van der Waals surface area contributed by atoms with Gasteiger partial charge in [-0.05, 0) is 42.5 Å². The first-order valence-electron chi connectivity index (χ1n) is 5.38. The van der Waals surface area contributed by atoms with Crippen LogP contribution in [0.1, 0.15) is 12.0 Å². The van der Waals surface area contributed by atoms with Crippen molar-refractivity contribution in [2.75, 3.05) is 19.1 Å². The third-order valence-corrected chi connectivity index (χ3v) is 3.17. The normalized spacial score (nSPS) is 12.4. The Balaban J connectivity index is 2.55. The maximum atomic E-state index is 5.54. The lowest BCUT2D eigenvalue weighted by Gasteiger charge is -2.15. The van der Waals surface area contributed by atoms with Crippen molar-refractivity contribution >= 4 is 11.8 Å². The molecule has 1 unspecified atom stereocenters. The molecular formula is C12H20N2OS. The zero-order valence-corrected chi connectivity index (χ0v) is 10.7. The lowest BCUT2D eigenvalue weighted by atomic mass is 10.0. The Morgan fingerprint density at radius 2 is 2.31 bits per heavy atom. The van der Waals surface area contributed by atoms with Crippen LogP contribution in [0.25, 0.3) is 0 Å². The Kier molecular flexibility index (Phi) is 6.30. The lowest BCUT2D eigenvalue weighted by Crippen LogP contribution is -2.37. The molecule has 0 radical (unpaired) electrons. The van der Waals surface area contributed by atoms with Crippen molar-refractivity contribution in [2.24, 2.45) is 5.84 Å². The molecule has 1 aromatic carbocycles. The average Bonchev–Trinajstić information content (AvgIpc) is 2.34. The number of ether oxygens (including phenoxy) is 1. The van der Waals surface area contributed by atoms with Crippen molar-refractivity contribution in [1.82, 2.24) is 5.43 Å². The van der Waals surface area contributed by atoms with Crippen molar-refractivity contribution in [3.63, 3.8) is 0 Å². The summed E-state index contributed by atoms with van der Waals surface area (Å²) in [6, 6.07) is 8.46. The minimum atomic E-state index is 0.333. The van der Waals surface area contributed by atoms with E-state index in [-0.39, 0.29) is 0 Å². The zero-order chi connectivity index (χ0) is 11.8. The van der Waals surface area contributed by atoms with Crippen LogP contribution in [0.3, 0.4) is 0 Å². The van der Waals surface area contributed by atoms with Gasteiger partial charge in [-0.3, -0.25) is 11.3 Å². The molecule has 0 amide bonds. The molecule has 1 rings (SSSR count). The highest BCUT2D eigenvalue weighted by Crippen LogP contribution is 2.15. The van der Waals surface area contributed by atoms with Crippen LogP contribution < -0.4 is 16.0 Å². The molecular weight excluding hydrogens is 220 g/mol. The summed E-state index contributed by atoms with van der Waals surface area (Å²) in [5, 5.41) is 0. The largest absolute Gasteiger partial charge is 0.497 e. The van der Waals surface area contributed by atoms with E-state index in [0.717, 1.165) is 24.3 Å². The summed E-state index contributed by atoms with van der Waals surface area (Å²) in [5.41, 5.74) is 4.12. The van der Waals surface area contributed by atoms with E-state index in [9.17, 15) is 0 Å². The Morgan fingerprint density at radius 1 is 1.50 bits per heavy atom. The number of hydrazine groups is 1. The monoisotopic (exact) mass is 240 g/mol. The van der Waals surface area contributed by atoms with Crippen LogP contribution in [-0.4, -0.2) is 25.2 Å². The van der Waals surface area contributed by atoms with Crippen LogP contribution in [-0.2, 0) is 6.42 Å². The molecule has 0 fully saturated rings. The number of hydrogen-bond acceptors (Lipinski definition) is 4. The average molecular weight is 240 g/mol. The minimum Gasteiger partial charge on any atom is -0.497 e. The third kappa shape index (κ3) is 4.43. The van der Waals surface area contributed by atoms with Gasteiger partial charge in [-0.2, -0.15) is 11.8 Å². The van der Waals surface area contributed by atoms with Gasteiger partial charge < -0.3 is 4.74 Å². The molecule has 0 saturated carbocycles. The maximum absolute atomic E-state index is 5.54. The molecule has 0 bridgehead atoms. The van der Waals surface area contributed by atoms with Crippen LogP contribution in [0.5, 0.6) is 5.75 Å². The lowest BCUT2D eigenvalue weighted by molar-refractivity contribution is 0.413. The summed E-state index contributed by atoms with van der Waals surface area (Å²) in [6.45, 7) is 0. The molecule has 1 aromatic rings. The molecule has 3 nitrogen and oxygen atoms in total. The second kappa shape index (κ2) is 7.54. The summed E-state index contributed by atoms with van der Waals surface area (Å²) < 4.78 is 5.20. The fourth-order valence-corrected chi connectivity index (χ4v) is 2.11. The predicted molar refractivity (Wildman–Crippen MR) is 70.8 cm³/mol. The summed E-state index contributed by atoms with van der Waals surface area (Å²) in [4.78, 5) is 0. The van der Waals surface area contributed by atoms with E-state index < -0.39 is 0 Å². The van der Waals surface area contributed by atoms with Gasteiger partial charge in [0.15, 0.2) is 0 Å².